The van der Waals surface area contributed by atoms with Crippen LogP contribution in [0.3, 0.4) is 0 Å². The van der Waals surface area contributed by atoms with Crippen molar-refractivity contribution in [2.75, 3.05) is 0 Å². The van der Waals surface area contributed by atoms with Crippen molar-refractivity contribution < 1.29 is 13.9 Å². The number of hydrogen-bond acceptors (Lipinski definition) is 1. The molecule has 1 N–H and O–H groups in total. The second-order valence-corrected chi connectivity index (χ2v) is 4.86. The number of rotatable bonds is 1. The summed E-state index contributed by atoms with van der Waals surface area (Å²) in [6.07, 6.45) is 2.91. The lowest BCUT2D eigenvalue weighted by atomic mass is 9.75. The Balaban J connectivity index is 2.37. The fraction of sp³-hybridized carbons (Fsp3) is 0.538. The van der Waals surface area contributed by atoms with E-state index < -0.39 is 17.2 Å². The first kappa shape index (κ1) is 11.5. The standard InChI is InChI=1S/C13H16F2O/c1-9-3-2-6-13(16,8-9)11-7-10(14)4-5-12(11)15/h4-5,7,9,16H,2-3,6,8H2,1H3. The van der Waals surface area contributed by atoms with Crippen LogP contribution < -0.4 is 0 Å². The van der Waals surface area contributed by atoms with Gasteiger partial charge >= 0.3 is 0 Å². The molecule has 2 rings (SSSR count). The van der Waals surface area contributed by atoms with Crippen LogP contribution in [0.1, 0.15) is 38.2 Å². The molecule has 0 aliphatic heterocycles. The van der Waals surface area contributed by atoms with E-state index in [4.69, 9.17) is 0 Å². The zero-order chi connectivity index (χ0) is 11.8. The van der Waals surface area contributed by atoms with Crippen molar-refractivity contribution >= 4 is 0 Å². The van der Waals surface area contributed by atoms with Crippen molar-refractivity contribution in [1.29, 1.82) is 0 Å². The molecule has 2 unspecified atom stereocenters. The van der Waals surface area contributed by atoms with Crippen molar-refractivity contribution in [2.45, 2.75) is 38.2 Å². The number of hydrogen-bond donors (Lipinski definition) is 1. The third kappa shape index (κ3) is 2.09. The van der Waals surface area contributed by atoms with Gasteiger partial charge in [0.1, 0.15) is 11.6 Å². The molecule has 3 heteroatoms. The lowest BCUT2D eigenvalue weighted by Gasteiger charge is -2.36. The SMILES string of the molecule is CC1CCCC(O)(c2cc(F)ccc2F)C1. The molecule has 1 fully saturated rings. The van der Waals surface area contributed by atoms with Crippen LogP contribution in [-0.4, -0.2) is 5.11 Å². The first-order valence-electron chi connectivity index (χ1n) is 5.69. The summed E-state index contributed by atoms with van der Waals surface area (Å²) in [5.41, 5.74) is -1.08. The van der Waals surface area contributed by atoms with E-state index in [-0.39, 0.29) is 5.56 Å². The lowest BCUT2D eigenvalue weighted by molar-refractivity contribution is -0.0209. The molecule has 1 nitrogen and oxygen atoms in total. The molecular formula is C13H16F2O. The fourth-order valence-electron chi connectivity index (χ4n) is 2.62. The van der Waals surface area contributed by atoms with Gasteiger partial charge in [0.25, 0.3) is 0 Å². The van der Waals surface area contributed by atoms with Gasteiger partial charge in [-0.3, -0.25) is 0 Å². The Morgan fingerprint density at radius 3 is 2.81 bits per heavy atom. The predicted molar refractivity (Wildman–Crippen MR) is 57.9 cm³/mol. The highest BCUT2D eigenvalue weighted by atomic mass is 19.1. The number of benzene rings is 1. The van der Waals surface area contributed by atoms with Crippen molar-refractivity contribution in [3.8, 4) is 0 Å². The highest BCUT2D eigenvalue weighted by molar-refractivity contribution is 5.25. The van der Waals surface area contributed by atoms with E-state index in [2.05, 4.69) is 0 Å². The molecule has 0 heterocycles. The molecule has 1 aliphatic carbocycles. The van der Waals surface area contributed by atoms with Gasteiger partial charge in [-0.1, -0.05) is 13.3 Å². The smallest absolute Gasteiger partial charge is 0.129 e. The van der Waals surface area contributed by atoms with Crippen LogP contribution >= 0.6 is 0 Å². The Hall–Kier alpha value is -0.960. The Morgan fingerprint density at radius 1 is 1.38 bits per heavy atom. The molecular weight excluding hydrogens is 210 g/mol. The summed E-state index contributed by atoms with van der Waals surface area (Å²) in [6.45, 7) is 2.03. The van der Waals surface area contributed by atoms with Gasteiger partial charge in [-0.05, 0) is 43.4 Å². The van der Waals surface area contributed by atoms with Gasteiger partial charge in [0.05, 0.1) is 5.60 Å². The fourth-order valence-corrected chi connectivity index (χ4v) is 2.62. The van der Waals surface area contributed by atoms with Crippen molar-refractivity contribution in [3.05, 3.63) is 35.4 Å². The van der Waals surface area contributed by atoms with E-state index in [0.717, 1.165) is 31.0 Å². The van der Waals surface area contributed by atoms with Crippen LogP contribution in [0, 0.1) is 17.6 Å². The summed E-state index contributed by atoms with van der Waals surface area (Å²) in [5.74, 6) is -0.664. The summed E-state index contributed by atoms with van der Waals surface area (Å²) in [6, 6.07) is 3.28. The molecule has 88 valence electrons. The number of aliphatic hydroxyl groups is 1. The maximum atomic E-state index is 13.6. The maximum absolute atomic E-state index is 13.6. The Morgan fingerprint density at radius 2 is 2.12 bits per heavy atom. The minimum Gasteiger partial charge on any atom is -0.385 e. The second kappa shape index (κ2) is 4.13. The zero-order valence-electron chi connectivity index (χ0n) is 9.34. The van der Waals surface area contributed by atoms with Gasteiger partial charge < -0.3 is 5.11 Å². The monoisotopic (exact) mass is 226 g/mol. The topological polar surface area (TPSA) is 20.2 Å². The van der Waals surface area contributed by atoms with E-state index in [1.165, 1.54) is 0 Å². The molecule has 0 saturated heterocycles. The highest BCUT2D eigenvalue weighted by Crippen LogP contribution is 2.40. The van der Waals surface area contributed by atoms with E-state index in [0.29, 0.717) is 18.8 Å². The molecule has 1 aromatic rings. The minimum absolute atomic E-state index is 0.110. The summed E-state index contributed by atoms with van der Waals surface area (Å²) in [7, 11) is 0. The average Bonchev–Trinajstić information content (AvgIpc) is 2.21. The minimum atomic E-state index is -1.19. The Kier molecular flexibility index (Phi) is 2.98. The van der Waals surface area contributed by atoms with Crippen LogP contribution in [0.5, 0.6) is 0 Å². The molecule has 16 heavy (non-hydrogen) atoms. The Bertz CT molecular complexity index is 392. The molecule has 0 radical (unpaired) electrons. The third-order valence-corrected chi connectivity index (χ3v) is 3.40. The van der Waals surface area contributed by atoms with E-state index in [1.807, 2.05) is 6.92 Å². The van der Waals surface area contributed by atoms with Crippen LogP contribution in [0.2, 0.25) is 0 Å². The lowest BCUT2D eigenvalue weighted by Crippen LogP contribution is -2.33. The van der Waals surface area contributed by atoms with Crippen LogP contribution in [0.4, 0.5) is 8.78 Å². The van der Waals surface area contributed by atoms with Gasteiger partial charge in [0, 0.05) is 5.56 Å². The third-order valence-electron chi connectivity index (χ3n) is 3.40. The van der Waals surface area contributed by atoms with Gasteiger partial charge in [0.15, 0.2) is 0 Å². The molecule has 1 aromatic carbocycles. The van der Waals surface area contributed by atoms with Crippen molar-refractivity contribution in [3.63, 3.8) is 0 Å². The van der Waals surface area contributed by atoms with Crippen molar-refractivity contribution in [1.82, 2.24) is 0 Å². The van der Waals surface area contributed by atoms with Crippen LogP contribution in [-0.2, 0) is 5.60 Å². The maximum Gasteiger partial charge on any atom is 0.129 e. The normalized spacial score (nSPS) is 30.4. The molecule has 0 amide bonds. The molecule has 0 bridgehead atoms. The van der Waals surface area contributed by atoms with Gasteiger partial charge in [-0.15, -0.1) is 0 Å². The van der Waals surface area contributed by atoms with E-state index >= 15 is 0 Å². The summed E-state index contributed by atoms with van der Waals surface area (Å²) in [5, 5.41) is 10.4. The molecule has 1 saturated carbocycles. The summed E-state index contributed by atoms with van der Waals surface area (Å²) >= 11 is 0. The molecule has 0 spiro atoms. The van der Waals surface area contributed by atoms with Crippen molar-refractivity contribution in [2.24, 2.45) is 5.92 Å². The van der Waals surface area contributed by atoms with Gasteiger partial charge in [-0.2, -0.15) is 0 Å². The first-order valence-corrected chi connectivity index (χ1v) is 5.69. The number of halogens is 2. The van der Waals surface area contributed by atoms with Gasteiger partial charge in [-0.25, -0.2) is 8.78 Å². The molecule has 0 aromatic heterocycles. The Labute approximate surface area is 94.1 Å². The average molecular weight is 226 g/mol. The van der Waals surface area contributed by atoms with Crippen LogP contribution in [0.15, 0.2) is 18.2 Å². The molecule has 2 atom stereocenters. The predicted octanol–water partition coefficient (Wildman–Crippen LogP) is 3.36. The zero-order valence-corrected chi connectivity index (χ0v) is 9.34. The van der Waals surface area contributed by atoms with E-state index in [1.54, 1.807) is 0 Å². The largest absolute Gasteiger partial charge is 0.385 e. The summed E-state index contributed by atoms with van der Waals surface area (Å²) in [4.78, 5) is 0. The summed E-state index contributed by atoms with van der Waals surface area (Å²) < 4.78 is 26.7. The van der Waals surface area contributed by atoms with Gasteiger partial charge in [0.2, 0.25) is 0 Å². The van der Waals surface area contributed by atoms with E-state index in [9.17, 15) is 13.9 Å². The van der Waals surface area contributed by atoms with Crippen LogP contribution in [0.25, 0.3) is 0 Å². The second-order valence-electron chi connectivity index (χ2n) is 4.86. The first-order chi connectivity index (χ1) is 7.51. The quantitative estimate of drug-likeness (QED) is 0.778. The molecule has 1 aliphatic rings. The highest BCUT2D eigenvalue weighted by Gasteiger charge is 2.36.